The number of H-pyrrole nitrogens is 1. The highest BCUT2D eigenvalue weighted by molar-refractivity contribution is 8.03. The molecule has 0 aliphatic carbocycles. The highest BCUT2D eigenvalue weighted by Gasteiger charge is 2.61. The predicted molar refractivity (Wildman–Crippen MR) is 145 cm³/mol. The molecule has 0 radical (unpaired) electrons. The van der Waals surface area contributed by atoms with Crippen molar-refractivity contribution in [1.82, 2.24) is 24.9 Å². The van der Waals surface area contributed by atoms with Crippen LogP contribution >= 0.6 is 0 Å². The Morgan fingerprint density at radius 2 is 2.10 bits per heavy atom. The van der Waals surface area contributed by atoms with Crippen LogP contribution < -0.4 is 10.5 Å². The third kappa shape index (κ3) is 3.88. The molecule has 12 heteroatoms. The first-order valence-corrected chi connectivity index (χ1v) is 14.2. The van der Waals surface area contributed by atoms with E-state index in [-0.39, 0.29) is 24.4 Å². The van der Waals surface area contributed by atoms with Gasteiger partial charge in [0.1, 0.15) is 46.6 Å². The second-order valence-electron chi connectivity index (χ2n) is 10.2. The molecule has 1 aromatic carbocycles. The van der Waals surface area contributed by atoms with Crippen molar-refractivity contribution >= 4 is 32.3 Å². The topological polar surface area (TPSA) is 132 Å². The summed E-state index contributed by atoms with van der Waals surface area (Å²) in [7, 11) is -3.03. The van der Waals surface area contributed by atoms with Crippen molar-refractivity contribution in [3.05, 3.63) is 77.5 Å². The number of benzene rings is 1. The Morgan fingerprint density at radius 1 is 1.26 bits per heavy atom. The lowest BCUT2D eigenvalue weighted by atomic mass is 9.85. The van der Waals surface area contributed by atoms with Gasteiger partial charge in [0, 0.05) is 30.6 Å². The Labute approximate surface area is 224 Å². The van der Waals surface area contributed by atoms with Crippen molar-refractivity contribution in [3.63, 3.8) is 0 Å². The summed E-state index contributed by atoms with van der Waals surface area (Å²) in [5.74, 6) is 4.38. The van der Waals surface area contributed by atoms with Crippen LogP contribution in [0.2, 0.25) is 0 Å². The van der Waals surface area contributed by atoms with Gasteiger partial charge in [0.2, 0.25) is 5.88 Å². The fourth-order valence-electron chi connectivity index (χ4n) is 5.81. The maximum absolute atomic E-state index is 15.3. The number of ether oxygens (including phenoxy) is 1. The van der Waals surface area contributed by atoms with Gasteiger partial charge in [0.15, 0.2) is 0 Å². The molecule has 0 saturated carbocycles. The Morgan fingerprint density at radius 3 is 2.87 bits per heavy atom. The molecule has 3 N–H and O–H groups in total. The largest absolute Gasteiger partial charge is 0.468 e. The van der Waals surface area contributed by atoms with E-state index in [0.717, 1.165) is 5.56 Å². The quantitative estimate of drug-likeness (QED) is 0.337. The molecule has 9 nitrogen and oxygen atoms in total. The highest BCUT2D eigenvalue weighted by Crippen LogP contribution is 2.52. The highest BCUT2D eigenvalue weighted by atomic mass is 32.2. The summed E-state index contributed by atoms with van der Waals surface area (Å²) >= 11 is 0. The molecule has 0 spiro atoms. The van der Waals surface area contributed by atoms with Crippen LogP contribution in [-0.2, 0) is 28.1 Å². The number of rotatable bonds is 7. The van der Waals surface area contributed by atoms with Crippen LogP contribution in [0.4, 0.5) is 8.78 Å². The van der Waals surface area contributed by atoms with E-state index in [0.29, 0.717) is 41.3 Å². The van der Waals surface area contributed by atoms with Crippen LogP contribution in [0.5, 0.6) is 5.88 Å². The number of aliphatic imine (C=N–C) groups is 1. The maximum atomic E-state index is 15.3. The molecule has 1 saturated heterocycles. The zero-order chi connectivity index (χ0) is 27.4. The molecule has 2 aliphatic rings. The van der Waals surface area contributed by atoms with Crippen LogP contribution in [0.1, 0.15) is 42.4 Å². The molecule has 2 bridgehead atoms. The summed E-state index contributed by atoms with van der Waals surface area (Å²) in [6.45, 7) is 1.03. The summed E-state index contributed by atoms with van der Waals surface area (Å²) < 4.78 is 47.5. The minimum absolute atomic E-state index is 0.0536. The van der Waals surface area contributed by atoms with Gasteiger partial charge in [-0.15, -0.1) is 0 Å². The van der Waals surface area contributed by atoms with E-state index >= 15 is 4.39 Å². The van der Waals surface area contributed by atoms with Crippen LogP contribution in [-0.4, -0.2) is 57.5 Å². The number of fused-ring (bicyclic) bond motifs is 3. The Bertz CT molecular complexity index is 1710. The van der Waals surface area contributed by atoms with Crippen LogP contribution in [0.3, 0.4) is 0 Å². The van der Waals surface area contributed by atoms with Gasteiger partial charge in [-0.25, -0.2) is 23.7 Å². The number of nitrogens with one attached hydrogen (secondary N) is 1. The molecule has 5 heterocycles. The average Bonchev–Trinajstić information content (AvgIpc) is 3.50. The summed E-state index contributed by atoms with van der Waals surface area (Å²) in [6, 6.07) is 6.45. The summed E-state index contributed by atoms with van der Waals surface area (Å²) in [5, 5.41) is -0.640. The standard InChI is InChI=1S/C27H27F2N7O2S/c1-26(21-5-7-27(15-28,25(30)36-26)39(21,2)37)17-11-16(3-4-18(17)29)12-20-24-19(6-8-31-20)35-23(13-34-24)38-14-22-32-9-10-33-22/h3-4,6,8-11,13,21H,2,5,7,12,14-15H2,1H3,(H2,30,36)(H,32,33)/t21?,26-,27+,39?/m1/s1. The first-order valence-electron chi connectivity index (χ1n) is 12.5. The van der Waals surface area contributed by atoms with Gasteiger partial charge in [-0.2, -0.15) is 0 Å². The van der Waals surface area contributed by atoms with Crippen molar-refractivity contribution in [2.24, 2.45) is 10.7 Å². The van der Waals surface area contributed by atoms with E-state index in [9.17, 15) is 8.60 Å². The number of imidazole rings is 1. The van der Waals surface area contributed by atoms with Crippen molar-refractivity contribution in [1.29, 1.82) is 0 Å². The van der Waals surface area contributed by atoms with Crippen molar-refractivity contribution in [2.75, 3.05) is 6.67 Å². The molecule has 4 atom stereocenters. The van der Waals surface area contributed by atoms with Crippen LogP contribution in [0, 0.1) is 5.82 Å². The number of halogens is 2. The van der Waals surface area contributed by atoms with Crippen molar-refractivity contribution in [2.45, 2.75) is 48.3 Å². The van der Waals surface area contributed by atoms with E-state index in [1.165, 1.54) is 12.3 Å². The smallest absolute Gasteiger partial charge is 0.233 e. The molecule has 4 aromatic rings. The fourth-order valence-corrected chi connectivity index (χ4v) is 8.82. The number of amidine groups is 1. The first kappa shape index (κ1) is 25.4. The van der Waals surface area contributed by atoms with Gasteiger partial charge < -0.3 is 15.5 Å². The van der Waals surface area contributed by atoms with Gasteiger partial charge in [0.25, 0.3) is 0 Å². The minimum Gasteiger partial charge on any atom is -0.468 e. The molecule has 39 heavy (non-hydrogen) atoms. The monoisotopic (exact) mass is 551 g/mol. The van der Waals surface area contributed by atoms with Gasteiger partial charge in [-0.3, -0.25) is 14.2 Å². The summed E-state index contributed by atoms with van der Waals surface area (Å²) in [6.07, 6.45) is 7.50. The Kier molecular flexibility index (Phi) is 5.90. The van der Waals surface area contributed by atoms with E-state index in [4.69, 9.17) is 10.5 Å². The zero-order valence-electron chi connectivity index (χ0n) is 21.2. The molecule has 6 rings (SSSR count). The van der Waals surface area contributed by atoms with Crippen molar-refractivity contribution in [3.8, 4) is 5.88 Å². The lowest BCUT2D eigenvalue weighted by Crippen LogP contribution is -2.58. The molecule has 1 fully saturated rings. The molecule has 202 valence electrons. The zero-order valence-corrected chi connectivity index (χ0v) is 22.0. The Balaban J connectivity index is 1.33. The number of alkyl halides is 1. The van der Waals surface area contributed by atoms with E-state index < -0.39 is 37.5 Å². The second-order valence-corrected chi connectivity index (χ2v) is 13.0. The maximum Gasteiger partial charge on any atom is 0.233 e. The molecular formula is C27H27F2N7O2S. The number of aromatic nitrogens is 5. The van der Waals surface area contributed by atoms with Gasteiger partial charge >= 0.3 is 0 Å². The lowest BCUT2D eigenvalue weighted by molar-refractivity contribution is 0.285. The number of nitrogens with two attached hydrogens (primary N) is 1. The van der Waals surface area contributed by atoms with Gasteiger partial charge in [-0.05, 0) is 52.9 Å². The Hall–Kier alpha value is -3.93. The lowest BCUT2D eigenvalue weighted by Gasteiger charge is -2.42. The predicted octanol–water partition coefficient (Wildman–Crippen LogP) is 3.23. The average molecular weight is 552 g/mol. The number of hydrogen-bond donors (Lipinski definition) is 2. The van der Waals surface area contributed by atoms with Crippen LogP contribution in [0.25, 0.3) is 11.0 Å². The summed E-state index contributed by atoms with van der Waals surface area (Å²) in [4.78, 5) is 25.2. The molecule has 2 aliphatic heterocycles. The molecular weight excluding hydrogens is 524 g/mol. The van der Waals surface area contributed by atoms with E-state index in [1.54, 1.807) is 43.7 Å². The van der Waals surface area contributed by atoms with E-state index in [1.807, 2.05) is 0 Å². The van der Waals surface area contributed by atoms with E-state index in [2.05, 4.69) is 35.8 Å². The minimum atomic E-state index is -3.03. The normalized spacial score (nSPS) is 28.0. The molecule has 3 aromatic heterocycles. The SMILES string of the molecule is C=S1(=O)C2CC[C@]1(CF)C(N)=N[C@]2(C)c1cc(Cc2nccc3nc(OCc4ncc[nH]4)cnc23)ccc1F. The molecule has 2 unspecified atom stereocenters. The third-order valence-electron chi connectivity index (χ3n) is 7.97. The van der Waals surface area contributed by atoms with Crippen LogP contribution in [0.15, 0.2) is 54.0 Å². The second kappa shape index (κ2) is 9.08. The van der Waals surface area contributed by atoms with Crippen molar-refractivity contribution < 1.29 is 17.7 Å². The summed E-state index contributed by atoms with van der Waals surface area (Å²) in [5.41, 5.74) is 7.79. The first-order chi connectivity index (χ1) is 18.7. The number of aromatic amines is 1. The number of hydrogen-bond acceptors (Lipinski definition) is 8. The third-order valence-corrected chi connectivity index (χ3v) is 11.4. The molecule has 0 amide bonds. The van der Waals surface area contributed by atoms with Gasteiger partial charge in [-0.1, -0.05) is 12.1 Å². The fraction of sp³-hybridized carbons (Fsp3) is 0.333. The number of nitrogens with zero attached hydrogens (tertiary/aromatic N) is 5. The van der Waals surface area contributed by atoms with Gasteiger partial charge in [0.05, 0.1) is 22.7 Å². The number of pyridine rings is 1.